The molecule has 2 heterocycles. The van der Waals surface area contributed by atoms with Gasteiger partial charge in [0.1, 0.15) is 11.6 Å². The van der Waals surface area contributed by atoms with Crippen molar-refractivity contribution in [2.45, 2.75) is 19.3 Å². The number of H-pyrrole nitrogens is 1. The van der Waals surface area contributed by atoms with E-state index in [1.807, 2.05) is 54.6 Å². The smallest absolute Gasteiger partial charge is 0.258 e. The van der Waals surface area contributed by atoms with Gasteiger partial charge >= 0.3 is 0 Å². The molecule has 0 saturated carbocycles. The van der Waals surface area contributed by atoms with Crippen molar-refractivity contribution in [2.75, 3.05) is 5.32 Å². The summed E-state index contributed by atoms with van der Waals surface area (Å²) < 4.78 is 0. The molecule has 0 saturated heterocycles. The topological polar surface area (TPSA) is 87.7 Å². The molecule has 0 bridgehead atoms. The molecule has 0 aliphatic carbocycles. The van der Waals surface area contributed by atoms with Crippen molar-refractivity contribution in [1.29, 1.82) is 0 Å². The van der Waals surface area contributed by atoms with Crippen LogP contribution < -0.4 is 10.9 Å². The summed E-state index contributed by atoms with van der Waals surface area (Å²) in [5, 5.41) is 3.37. The molecule has 0 fully saturated rings. The van der Waals surface area contributed by atoms with Crippen molar-refractivity contribution in [3.63, 3.8) is 0 Å². The van der Waals surface area contributed by atoms with Crippen LogP contribution in [0.3, 0.4) is 0 Å². The molecular formula is C23H20N4O2. The maximum absolute atomic E-state index is 12.2. The van der Waals surface area contributed by atoms with Gasteiger partial charge in [0.2, 0.25) is 5.91 Å². The van der Waals surface area contributed by atoms with Crippen LogP contribution in [0.2, 0.25) is 0 Å². The van der Waals surface area contributed by atoms with E-state index in [-0.39, 0.29) is 11.5 Å². The molecule has 29 heavy (non-hydrogen) atoms. The highest BCUT2D eigenvalue weighted by atomic mass is 16.1. The molecule has 2 aromatic heterocycles. The minimum atomic E-state index is -0.155. The first-order valence-electron chi connectivity index (χ1n) is 9.48. The van der Waals surface area contributed by atoms with Gasteiger partial charge in [-0.15, -0.1) is 0 Å². The molecule has 6 nitrogen and oxygen atoms in total. The number of aromatic nitrogens is 3. The molecule has 0 atom stereocenters. The van der Waals surface area contributed by atoms with Crippen molar-refractivity contribution < 1.29 is 4.79 Å². The van der Waals surface area contributed by atoms with Gasteiger partial charge in [-0.3, -0.25) is 9.59 Å². The summed E-state index contributed by atoms with van der Waals surface area (Å²) in [6.07, 6.45) is 3.16. The van der Waals surface area contributed by atoms with E-state index in [1.165, 1.54) is 0 Å². The number of carbonyl (C=O) groups is 1. The highest BCUT2D eigenvalue weighted by Crippen LogP contribution is 2.19. The van der Waals surface area contributed by atoms with Gasteiger partial charge in [-0.25, -0.2) is 9.97 Å². The molecule has 144 valence electrons. The van der Waals surface area contributed by atoms with Crippen LogP contribution in [0.1, 0.15) is 18.7 Å². The van der Waals surface area contributed by atoms with Crippen LogP contribution >= 0.6 is 0 Å². The molecular weight excluding hydrogens is 364 g/mol. The normalized spacial score (nSPS) is 10.8. The molecule has 4 aromatic rings. The summed E-state index contributed by atoms with van der Waals surface area (Å²) in [6, 6.07) is 20.9. The van der Waals surface area contributed by atoms with Crippen molar-refractivity contribution in [2.24, 2.45) is 0 Å². The number of pyridine rings is 1. The first kappa shape index (κ1) is 18.6. The third-order valence-electron chi connectivity index (χ3n) is 4.62. The summed E-state index contributed by atoms with van der Waals surface area (Å²) in [7, 11) is 0. The van der Waals surface area contributed by atoms with Crippen LogP contribution in [-0.2, 0) is 11.2 Å². The van der Waals surface area contributed by atoms with Gasteiger partial charge in [-0.2, -0.15) is 0 Å². The molecule has 1 amide bonds. The SMILES string of the molecule is O=C(CCCc1nc2ccccc2c(=O)[nH]1)Nc1ccc(-c2ccccc2)cn1. The lowest BCUT2D eigenvalue weighted by Gasteiger charge is -2.06. The van der Waals surface area contributed by atoms with Crippen LogP contribution in [-0.4, -0.2) is 20.9 Å². The predicted molar refractivity (Wildman–Crippen MR) is 114 cm³/mol. The first-order valence-corrected chi connectivity index (χ1v) is 9.48. The number of hydrogen-bond acceptors (Lipinski definition) is 4. The minimum absolute atomic E-state index is 0.118. The Morgan fingerprint density at radius 3 is 2.52 bits per heavy atom. The Bertz CT molecular complexity index is 1180. The number of aryl methyl sites for hydroxylation is 1. The Labute approximate surface area is 167 Å². The van der Waals surface area contributed by atoms with E-state index in [0.29, 0.717) is 41.8 Å². The lowest BCUT2D eigenvalue weighted by molar-refractivity contribution is -0.116. The number of nitrogens with one attached hydrogen (secondary N) is 2. The maximum Gasteiger partial charge on any atom is 0.258 e. The van der Waals surface area contributed by atoms with Crippen molar-refractivity contribution in [1.82, 2.24) is 15.0 Å². The van der Waals surface area contributed by atoms with Crippen LogP contribution in [0.4, 0.5) is 5.82 Å². The van der Waals surface area contributed by atoms with E-state index in [0.717, 1.165) is 11.1 Å². The Morgan fingerprint density at radius 1 is 0.931 bits per heavy atom. The summed E-state index contributed by atoms with van der Waals surface area (Å²) in [5.41, 5.74) is 2.58. The van der Waals surface area contributed by atoms with Gasteiger partial charge in [0.25, 0.3) is 5.56 Å². The third kappa shape index (κ3) is 4.55. The number of carbonyl (C=O) groups excluding carboxylic acids is 1. The van der Waals surface area contributed by atoms with Crippen LogP contribution in [0.5, 0.6) is 0 Å². The van der Waals surface area contributed by atoms with Crippen molar-refractivity contribution in [3.8, 4) is 11.1 Å². The number of amides is 1. The Morgan fingerprint density at radius 2 is 1.72 bits per heavy atom. The summed E-state index contributed by atoms with van der Waals surface area (Å²) in [6.45, 7) is 0. The average Bonchev–Trinajstić information content (AvgIpc) is 2.75. The van der Waals surface area contributed by atoms with Crippen LogP contribution in [0, 0.1) is 0 Å². The zero-order valence-corrected chi connectivity index (χ0v) is 15.8. The van der Waals surface area contributed by atoms with E-state index in [2.05, 4.69) is 20.3 Å². The van der Waals surface area contributed by atoms with Gasteiger partial charge in [0.15, 0.2) is 0 Å². The van der Waals surface area contributed by atoms with E-state index in [4.69, 9.17) is 0 Å². The second-order valence-corrected chi connectivity index (χ2v) is 6.73. The van der Waals surface area contributed by atoms with Crippen LogP contribution in [0.15, 0.2) is 77.7 Å². The lowest BCUT2D eigenvalue weighted by Crippen LogP contribution is -2.14. The van der Waals surface area contributed by atoms with Gasteiger partial charge in [-0.1, -0.05) is 42.5 Å². The first-order chi connectivity index (χ1) is 14.2. The number of hydrogen-bond donors (Lipinski definition) is 2. The number of aromatic amines is 1. The van der Waals surface area contributed by atoms with Crippen molar-refractivity contribution in [3.05, 3.63) is 89.1 Å². The third-order valence-corrected chi connectivity index (χ3v) is 4.62. The Hall–Kier alpha value is -3.80. The van der Waals surface area contributed by atoms with E-state index in [9.17, 15) is 9.59 Å². The number of anilines is 1. The van der Waals surface area contributed by atoms with Crippen molar-refractivity contribution >= 4 is 22.6 Å². The molecule has 2 aromatic carbocycles. The lowest BCUT2D eigenvalue weighted by atomic mass is 10.1. The molecule has 0 aliphatic heterocycles. The number of rotatable bonds is 6. The zero-order valence-electron chi connectivity index (χ0n) is 15.8. The fourth-order valence-electron chi connectivity index (χ4n) is 3.14. The predicted octanol–water partition coefficient (Wildman–Crippen LogP) is 3.95. The second kappa shape index (κ2) is 8.48. The molecule has 4 rings (SSSR count). The Balaban J connectivity index is 1.32. The van der Waals surface area contributed by atoms with E-state index >= 15 is 0 Å². The molecule has 6 heteroatoms. The molecule has 0 aliphatic rings. The molecule has 2 N–H and O–H groups in total. The van der Waals surface area contributed by atoms with E-state index in [1.54, 1.807) is 18.3 Å². The molecule has 0 unspecified atom stereocenters. The average molecular weight is 384 g/mol. The highest BCUT2D eigenvalue weighted by Gasteiger charge is 2.07. The number of para-hydroxylation sites is 1. The largest absolute Gasteiger partial charge is 0.311 e. The maximum atomic E-state index is 12.2. The number of fused-ring (bicyclic) bond motifs is 1. The summed E-state index contributed by atoms with van der Waals surface area (Å²) >= 11 is 0. The Kier molecular flexibility index (Phi) is 5.42. The standard InChI is InChI=1S/C23H20N4O2/c28-22(26-20-14-13-17(15-24-20)16-7-2-1-3-8-16)12-6-11-21-25-19-10-5-4-9-18(19)23(29)27-21/h1-5,7-10,13-15H,6,11-12H2,(H,24,26,28)(H,25,27,29). The van der Waals surface area contributed by atoms with Gasteiger partial charge in [0.05, 0.1) is 10.9 Å². The van der Waals surface area contributed by atoms with E-state index < -0.39 is 0 Å². The summed E-state index contributed by atoms with van der Waals surface area (Å²) in [4.78, 5) is 35.8. The number of nitrogens with zero attached hydrogens (tertiary/aromatic N) is 2. The molecule has 0 radical (unpaired) electrons. The van der Waals surface area contributed by atoms with Gasteiger partial charge in [-0.05, 0) is 36.2 Å². The quantitative estimate of drug-likeness (QED) is 0.527. The fraction of sp³-hybridized carbons (Fsp3) is 0.130. The van der Waals surface area contributed by atoms with Gasteiger partial charge < -0.3 is 10.3 Å². The fourth-order valence-corrected chi connectivity index (χ4v) is 3.14. The summed E-state index contributed by atoms with van der Waals surface area (Å²) in [5.74, 6) is 0.992. The van der Waals surface area contributed by atoms with Gasteiger partial charge in [0, 0.05) is 24.6 Å². The van der Waals surface area contributed by atoms with Crippen LogP contribution in [0.25, 0.3) is 22.0 Å². The number of benzene rings is 2. The highest BCUT2D eigenvalue weighted by molar-refractivity contribution is 5.89. The monoisotopic (exact) mass is 384 g/mol. The minimum Gasteiger partial charge on any atom is -0.311 e. The zero-order chi connectivity index (χ0) is 20.1. The molecule has 0 spiro atoms. The second-order valence-electron chi connectivity index (χ2n) is 6.73.